The summed E-state index contributed by atoms with van der Waals surface area (Å²) < 4.78 is 14.9. The highest BCUT2D eigenvalue weighted by atomic mass is 19.1. The number of aromatic nitrogens is 2. The van der Waals surface area contributed by atoms with E-state index in [2.05, 4.69) is 16.9 Å². The Hall–Kier alpha value is -3.61. The molecular formula is C24H22FN3O3. The number of Topliss-reactive ketones (excluding diaryl/α,β-unsaturated/α-hetero) is 1. The van der Waals surface area contributed by atoms with Gasteiger partial charge >= 0.3 is 0 Å². The van der Waals surface area contributed by atoms with Gasteiger partial charge in [0.25, 0.3) is 11.5 Å². The van der Waals surface area contributed by atoms with Gasteiger partial charge < -0.3 is 5.32 Å². The molecule has 1 heterocycles. The predicted molar refractivity (Wildman–Crippen MR) is 115 cm³/mol. The lowest BCUT2D eigenvalue weighted by atomic mass is 9.90. The zero-order valence-corrected chi connectivity index (χ0v) is 17.2. The van der Waals surface area contributed by atoms with Crippen molar-refractivity contribution in [3.05, 3.63) is 87.7 Å². The largest absolute Gasteiger partial charge is 0.348 e. The van der Waals surface area contributed by atoms with Crippen molar-refractivity contribution in [1.29, 1.82) is 0 Å². The van der Waals surface area contributed by atoms with E-state index in [0.29, 0.717) is 35.1 Å². The van der Waals surface area contributed by atoms with Gasteiger partial charge in [0.1, 0.15) is 11.6 Å². The highest BCUT2D eigenvalue weighted by molar-refractivity contribution is 5.94. The first kappa shape index (κ1) is 20.7. The summed E-state index contributed by atoms with van der Waals surface area (Å²) in [4.78, 5) is 43.0. The predicted octanol–water partition coefficient (Wildman–Crippen LogP) is 3.62. The molecule has 1 N–H and O–H groups in total. The zero-order chi connectivity index (χ0) is 22.1. The molecule has 3 aromatic rings. The zero-order valence-electron chi connectivity index (χ0n) is 17.2. The van der Waals surface area contributed by atoms with Crippen molar-refractivity contribution in [2.45, 2.75) is 38.8 Å². The lowest BCUT2D eigenvalue weighted by molar-refractivity contribution is -0.122. The van der Waals surface area contributed by atoms with Crippen LogP contribution in [-0.4, -0.2) is 21.2 Å². The van der Waals surface area contributed by atoms with Crippen molar-refractivity contribution < 1.29 is 14.0 Å². The van der Waals surface area contributed by atoms with Crippen molar-refractivity contribution in [1.82, 2.24) is 14.9 Å². The molecule has 0 spiro atoms. The van der Waals surface area contributed by atoms with Gasteiger partial charge in [-0.15, -0.1) is 0 Å². The van der Waals surface area contributed by atoms with E-state index in [4.69, 9.17) is 0 Å². The number of allylic oxidation sites excluding steroid dienone is 1. The maximum Gasteiger partial charge on any atom is 0.262 e. The monoisotopic (exact) mass is 419 g/mol. The summed E-state index contributed by atoms with van der Waals surface area (Å²) in [5.74, 6) is -0.512. The van der Waals surface area contributed by atoms with Crippen LogP contribution < -0.4 is 10.9 Å². The van der Waals surface area contributed by atoms with Crippen LogP contribution in [0.5, 0.6) is 0 Å². The Morgan fingerprint density at radius 2 is 2.03 bits per heavy atom. The first-order valence-corrected chi connectivity index (χ1v) is 10.1. The minimum absolute atomic E-state index is 0.0421. The fraction of sp³-hybridized carbons (Fsp3) is 0.250. The van der Waals surface area contributed by atoms with E-state index in [-0.39, 0.29) is 29.9 Å². The van der Waals surface area contributed by atoms with Crippen molar-refractivity contribution in [3.63, 3.8) is 0 Å². The van der Waals surface area contributed by atoms with Gasteiger partial charge in [0, 0.05) is 18.5 Å². The van der Waals surface area contributed by atoms with Crippen LogP contribution in [0.1, 0.15) is 47.1 Å². The van der Waals surface area contributed by atoms with Crippen molar-refractivity contribution in [2.75, 3.05) is 0 Å². The number of hydrogen-bond acceptors (Lipinski definition) is 4. The molecule has 1 aliphatic rings. The van der Waals surface area contributed by atoms with Crippen LogP contribution in [0.3, 0.4) is 0 Å². The molecule has 2 aromatic carbocycles. The summed E-state index contributed by atoms with van der Waals surface area (Å²) in [6.45, 7) is 5.68. The van der Waals surface area contributed by atoms with Crippen LogP contribution in [0.4, 0.5) is 4.39 Å². The molecule has 31 heavy (non-hydrogen) atoms. The Kier molecular flexibility index (Phi) is 5.50. The van der Waals surface area contributed by atoms with Gasteiger partial charge in [0.05, 0.1) is 16.9 Å². The van der Waals surface area contributed by atoms with E-state index in [1.165, 1.54) is 22.8 Å². The lowest BCUT2D eigenvalue weighted by Gasteiger charge is -2.26. The Balaban J connectivity index is 1.70. The SMILES string of the molecule is C=C1CCC(n2c(C)nc3cccc(CNC(=O)c4cccc(F)c4)c3c2=O)C(=O)C1. The van der Waals surface area contributed by atoms with Gasteiger partial charge in [0.15, 0.2) is 5.78 Å². The fourth-order valence-electron chi connectivity index (χ4n) is 4.07. The minimum atomic E-state index is -0.565. The molecule has 1 aliphatic carbocycles. The number of fused-ring (bicyclic) bond motifs is 1. The molecule has 1 unspecified atom stereocenters. The summed E-state index contributed by atoms with van der Waals surface area (Å²) in [6, 6.07) is 10.1. The number of amides is 1. The van der Waals surface area contributed by atoms with Crippen LogP contribution in [0.25, 0.3) is 10.9 Å². The highest BCUT2D eigenvalue weighted by Gasteiger charge is 2.28. The molecule has 6 nitrogen and oxygen atoms in total. The summed E-state index contributed by atoms with van der Waals surface area (Å²) in [5.41, 5.74) is 1.86. The van der Waals surface area contributed by atoms with Gasteiger partial charge in [-0.1, -0.05) is 30.4 Å². The van der Waals surface area contributed by atoms with Crippen LogP contribution >= 0.6 is 0 Å². The first-order valence-electron chi connectivity index (χ1n) is 10.1. The molecule has 158 valence electrons. The molecule has 1 amide bonds. The maximum atomic E-state index is 13.4. The molecule has 1 saturated carbocycles. The molecule has 0 aliphatic heterocycles. The van der Waals surface area contributed by atoms with Crippen molar-refractivity contribution >= 4 is 22.6 Å². The second-order valence-corrected chi connectivity index (χ2v) is 7.79. The van der Waals surface area contributed by atoms with Crippen molar-refractivity contribution in [3.8, 4) is 0 Å². The maximum absolute atomic E-state index is 13.4. The number of carbonyl (C=O) groups is 2. The van der Waals surface area contributed by atoms with Crippen LogP contribution in [0.15, 0.2) is 59.4 Å². The average Bonchev–Trinajstić information content (AvgIpc) is 2.73. The first-order chi connectivity index (χ1) is 14.8. The summed E-state index contributed by atoms with van der Waals surface area (Å²) >= 11 is 0. The molecule has 7 heteroatoms. The number of carbonyl (C=O) groups excluding carboxylic acids is 2. The van der Waals surface area contributed by atoms with E-state index < -0.39 is 17.8 Å². The van der Waals surface area contributed by atoms with Crippen LogP contribution in [0, 0.1) is 12.7 Å². The number of nitrogens with one attached hydrogen (secondary N) is 1. The molecule has 0 saturated heterocycles. The second-order valence-electron chi connectivity index (χ2n) is 7.79. The van der Waals surface area contributed by atoms with E-state index in [1.54, 1.807) is 25.1 Å². The quantitative estimate of drug-likeness (QED) is 0.655. The molecule has 0 radical (unpaired) electrons. The van der Waals surface area contributed by atoms with E-state index >= 15 is 0 Å². The van der Waals surface area contributed by atoms with Gasteiger partial charge in [-0.25, -0.2) is 9.37 Å². The Bertz CT molecular complexity index is 1280. The van der Waals surface area contributed by atoms with Gasteiger partial charge in [0.2, 0.25) is 0 Å². The molecular weight excluding hydrogens is 397 g/mol. The third-order valence-electron chi connectivity index (χ3n) is 5.60. The third kappa shape index (κ3) is 4.03. The molecule has 1 atom stereocenters. The Labute approximate surface area is 178 Å². The van der Waals surface area contributed by atoms with Crippen molar-refractivity contribution in [2.24, 2.45) is 0 Å². The average molecular weight is 419 g/mol. The van der Waals surface area contributed by atoms with E-state index in [1.807, 2.05) is 0 Å². The highest BCUT2D eigenvalue weighted by Crippen LogP contribution is 2.28. The summed E-state index contributed by atoms with van der Waals surface area (Å²) in [7, 11) is 0. The topological polar surface area (TPSA) is 81.1 Å². The van der Waals surface area contributed by atoms with Gasteiger partial charge in [-0.05, 0) is 49.6 Å². The number of ketones is 1. The molecule has 0 bridgehead atoms. The molecule has 1 fully saturated rings. The van der Waals surface area contributed by atoms with Crippen LogP contribution in [-0.2, 0) is 11.3 Å². The minimum Gasteiger partial charge on any atom is -0.348 e. The fourth-order valence-corrected chi connectivity index (χ4v) is 4.07. The number of aryl methyl sites for hydroxylation is 1. The second kappa shape index (κ2) is 8.26. The van der Waals surface area contributed by atoms with Gasteiger partial charge in [-0.3, -0.25) is 19.0 Å². The number of benzene rings is 2. The number of halogens is 1. The van der Waals surface area contributed by atoms with E-state index in [0.717, 1.165) is 11.6 Å². The lowest BCUT2D eigenvalue weighted by Crippen LogP contribution is -2.35. The Morgan fingerprint density at radius 1 is 1.26 bits per heavy atom. The molecule has 4 rings (SSSR count). The number of rotatable bonds is 4. The summed E-state index contributed by atoms with van der Waals surface area (Å²) in [6.07, 6.45) is 1.47. The van der Waals surface area contributed by atoms with Crippen LogP contribution in [0.2, 0.25) is 0 Å². The molecule has 1 aromatic heterocycles. The number of hydrogen-bond donors (Lipinski definition) is 1. The van der Waals surface area contributed by atoms with E-state index in [9.17, 15) is 18.8 Å². The Morgan fingerprint density at radius 3 is 2.77 bits per heavy atom. The third-order valence-corrected chi connectivity index (χ3v) is 5.60. The normalized spacial score (nSPS) is 16.5. The number of nitrogens with zero attached hydrogens (tertiary/aromatic N) is 2. The standard InChI is InChI=1S/C24H22FN3O3/c1-14-9-10-20(21(29)11-14)28-15(2)27-19-8-4-6-17(22(19)24(28)31)13-26-23(30)16-5-3-7-18(25)12-16/h3-8,12,20H,1,9-11,13H2,2H3,(H,26,30). The van der Waals surface area contributed by atoms with Gasteiger partial charge in [-0.2, -0.15) is 0 Å². The smallest absolute Gasteiger partial charge is 0.262 e. The summed E-state index contributed by atoms with van der Waals surface area (Å²) in [5, 5.41) is 3.10.